The van der Waals surface area contributed by atoms with Crippen LogP contribution >= 0.6 is 0 Å². The van der Waals surface area contributed by atoms with Crippen LogP contribution in [0.4, 0.5) is 10.1 Å². The van der Waals surface area contributed by atoms with Crippen LogP contribution in [0.15, 0.2) is 48.5 Å². The number of Topliss-reactive ketones (excluding diaryl/α,β-unsaturated/α-hetero) is 1. The molecule has 2 rings (SSSR count). The molecule has 0 spiro atoms. The first kappa shape index (κ1) is 17.7. The van der Waals surface area contributed by atoms with Crippen molar-refractivity contribution < 1.29 is 18.7 Å². The maximum atomic E-state index is 12.8. The SMILES string of the molecule is CC(C)CC(=O)Nc1ccc(C(=O)COc2ccc(F)cc2)cc1. The number of anilines is 1. The molecular weight excluding hydrogens is 309 g/mol. The molecule has 126 valence electrons. The summed E-state index contributed by atoms with van der Waals surface area (Å²) < 4.78 is 18.1. The predicted molar refractivity (Wildman–Crippen MR) is 90.8 cm³/mol. The molecule has 0 bridgehead atoms. The highest BCUT2D eigenvalue weighted by Gasteiger charge is 2.09. The zero-order chi connectivity index (χ0) is 17.5. The van der Waals surface area contributed by atoms with E-state index in [1.165, 1.54) is 24.3 Å². The van der Waals surface area contributed by atoms with Gasteiger partial charge in [-0.1, -0.05) is 13.8 Å². The van der Waals surface area contributed by atoms with Gasteiger partial charge in [0.15, 0.2) is 12.4 Å². The Morgan fingerprint density at radius 2 is 1.67 bits per heavy atom. The average Bonchev–Trinajstić information content (AvgIpc) is 2.54. The van der Waals surface area contributed by atoms with Gasteiger partial charge in [-0.15, -0.1) is 0 Å². The predicted octanol–water partition coefficient (Wildman–Crippen LogP) is 4.07. The second-order valence-corrected chi connectivity index (χ2v) is 5.89. The molecule has 0 radical (unpaired) electrons. The maximum absolute atomic E-state index is 12.8. The summed E-state index contributed by atoms with van der Waals surface area (Å²) in [7, 11) is 0. The molecule has 5 heteroatoms. The molecular formula is C19H20FNO3. The van der Waals surface area contributed by atoms with Gasteiger partial charge in [0.25, 0.3) is 0 Å². The number of hydrogen-bond donors (Lipinski definition) is 1. The van der Waals surface area contributed by atoms with E-state index in [1.54, 1.807) is 24.3 Å². The number of benzene rings is 2. The lowest BCUT2D eigenvalue weighted by atomic mass is 10.1. The molecule has 2 aromatic rings. The summed E-state index contributed by atoms with van der Waals surface area (Å²) in [6.45, 7) is 3.82. The summed E-state index contributed by atoms with van der Waals surface area (Å²) in [6, 6.07) is 12.1. The van der Waals surface area contributed by atoms with Gasteiger partial charge in [-0.3, -0.25) is 9.59 Å². The Morgan fingerprint density at radius 1 is 1.04 bits per heavy atom. The van der Waals surface area contributed by atoms with Crippen LogP contribution in [0.25, 0.3) is 0 Å². The van der Waals surface area contributed by atoms with E-state index in [2.05, 4.69) is 5.32 Å². The van der Waals surface area contributed by atoms with Gasteiger partial charge < -0.3 is 10.1 Å². The molecule has 0 saturated carbocycles. The summed E-state index contributed by atoms with van der Waals surface area (Å²) in [4.78, 5) is 23.8. The Labute approximate surface area is 140 Å². The second-order valence-electron chi connectivity index (χ2n) is 5.89. The van der Waals surface area contributed by atoms with Gasteiger partial charge in [-0.25, -0.2) is 4.39 Å². The smallest absolute Gasteiger partial charge is 0.224 e. The minimum absolute atomic E-state index is 0.0521. The van der Waals surface area contributed by atoms with E-state index in [0.717, 1.165) is 0 Å². The van der Waals surface area contributed by atoms with E-state index in [0.29, 0.717) is 23.4 Å². The third kappa shape index (κ3) is 5.50. The molecule has 0 fully saturated rings. The largest absolute Gasteiger partial charge is 0.485 e. The summed E-state index contributed by atoms with van der Waals surface area (Å²) in [5, 5.41) is 2.79. The zero-order valence-electron chi connectivity index (χ0n) is 13.7. The Balaban J connectivity index is 1.88. The number of amides is 1. The highest BCUT2D eigenvalue weighted by atomic mass is 19.1. The van der Waals surface area contributed by atoms with Crippen LogP contribution in [0.1, 0.15) is 30.6 Å². The van der Waals surface area contributed by atoms with Gasteiger partial charge in [0, 0.05) is 17.7 Å². The van der Waals surface area contributed by atoms with Gasteiger partial charge in [0.2, 0.25) is 5.91 Å². The van der Waals surface area contributed by atoms with Gasteiger partial charge in [-0.2, -0.15) is 0 Å². The van der Waals surface area contributed by atoms with Crippen LogP contribution in [-0.4, -0.2) is 18.3 Å². The van der Waals surface area contributed by atoms with Crippen LogP contribution in [0.2, 0.25) is 0 Å². The molecule has 0 unspecified atom stereocenters. The van der Waals surface area contributed by atoms with Crippen molar-refractivity contribution in [2.75, 3.05) is 11.9 Å². The van der Waals surface area contributed by atoms with Gasteiger partial charge in [0.05, 0.1) is 0 Å². The number of ether oxygens (including phenoxy) is 1. The first-order valence-electron chi connectivity index (χ1n) is 7.75. The van der Waals surface area contributed by atoms with Crippen molar-refractivity contribution >= 4 is 17.4 Å². The highest BCUT2D eigenvalue weighted by Crippen LogP contribution is 2.14. The maximum Gasteiger partial charge on any atom is 0.224 e. The summed E-state index contributed by atoms with van der Waals surface area (Å²) in [5.41, 5.74) is 1.13. The fourth-order valence-electron chi connectivity index (χ4n) is 2.09. The Morgan fingerprint density at radius 3 is 2.25 bits per heavy atom. The molecule has 1 N–H and O–H groups in total. The number of hydrogen-bond acceptors (Lipinski definition) is 3. The average molecular weight is 329 g/mol. The van der Waals surface area contributed by atoms with E-state index in [1.807, 2.05) is 13.8 Å². The van der Waals surface area contributed by atoms with Crippen molar-refractivity contribution in [2.24, 2.45) is 5.92 Å². The molecule has 0 atom stereocenters. The fourth-order valence-corrected chi connectivity index (χ4v) is 2.09. The normalized spacial score (nSPS) is 10.5. The van der Waals surface area contributed by atoms with Crippen LogP contribution in [-0.2, 0) is 4.79 Å². The number of carbonyl (C=O) groups is 2. The Bertz CT molecular complexity index is 694. The molecule has 0 saturated heterocycles. The van der Waals surface area contributed by atoms with Crippen molar-refractivity contribution in [3.05, 3.63) is 59.9 Å². The number of ketones is 1. The fraction of sp³-hybridized carbons (Fsp3) is 0.263. The van der Waals surface area contributed by atoms with E-state index in [4.69, 9.17) is 4.74 Å². The number of rotatable bonds is 7. The molecule has 0 aromatic heterocycles. The summed E-state index contributed by atoms with van der Waals surface area (Å²) in [5.74, 6) is 0.115. The topological polar surface area (TPSA) is 55.4 Å². The molecule has 24 heavy (non-hydrogen) atoms. The van der Waals surface area contributed by atoms with E-state index in [-0.39, 0.29) is 30.0 Å². The molecule has 4 nitrogen and oxygen atoms in total. The monoisotopic (exact) mass is 329 g/mol. The van der Waals surface area contributed by atoms with Crippen LogP contribution in [0.5, 0.6) is 5.75 Å². The third-order valence-electron chi connectivity index (χ3n) is 3.27. The van der Waals surface area contributed by atoms with Crippen molar-refractivity contribution in [3.8, 4) is 5.75 Å². The third-order valence-corrected chi connectivity index (χ3v) is 3.27. The van der Waals surface area contributed by atoms with E-state index in [9.17, 15) is 14.0 Å². The minimum atomic E-state index is -0.358. The molecule has 0 aliphatic rings. The van der Waals surface area contributed by atoms with Crippen molar-refractivity contribution in [1.29, 1.82) is 0 Å². The number of halogens is 1. The van der Waals surface area contributed by atoms with Crippen molar-refractivity contribution in [3.63, 3.8) is 0 Å². The molecule has 1 amide bonds. The quantitative estimate of drug-likeness (QED) is 0.779. The standard InChI is InChI=1S/C19H20FNO3/c1-13(2)11-19(23)21-16-7-3-14(4-8-16)18(22)12-24-17-9-5-15(20)6-10-17/h3-10,13H,11-12H2,1-2H3,(H,21,23). The summed E-state index contributed by atoms with van der Waals surface area (Å²) in [6.07, 6.45) is 0.451. The first-order chi connectivity index (χ1) is 11.4. The Hall–Kier alpha value is -2.69. The van der Waals surface area contributed by atoms with Crippen molar-refractivity contribution in [1.82, 2.24) is 0 Å². The number of nitrogens with one attached hydrogen (secondary N) is 1. The van der Waals surface area contributed by atoms with Crippen LogP contribution in [0.3, 0.4) is 0 Å². The Kier molecular flexibility index (Phi) is 6.07. The zero-order valence-corrected chi connectivity index (χ0v) is 13.7. The second kappa shape index (κ2) is 8.24. The first-order valence-corrected chi connectivity index (χ1v) is 7.75. The van der Waals surface area contributed by atoms with E-state index >= 15 is 0 Å². The highest BCUT2D eigenvalue weighted by molar-refractivity contribution is 5.98. The lowest BCUT2D eigenvalue weighted by molar-refractivity contribution is -0.116. The summed E-state index contributed by atoms with van der Waals surface area (Å²) >= 11 is 0. The van der Waals surface area contributed by atoms with Gasteiger partial charge in [0.1, 0.15) is 11.6 Å². The lowest BCUT2D eigenvalue weighted by Crippen LogP contribution is -2.14. The molecule has 0 heterocycles. The van der Waals surface area contributed by atoms with Gasteiger partial charge in [-0.05, 0) is 54.4 Å². The van der Waals surface area contributed by atoms with E-state index < -0.39 is 0 Å². The van der Waals surface area contributed by atoms with Crippen molar-refractivity contribution in [2.45, 2.75) is 20.3 Å². The molecule has 0 aliphatic carbocycles. The number of carbonyl (C=O) groups excluding carboxylic acids is 2. The van der Waals surface area contributed by atoms with Gasteiger partial charge >= 0.3 is 0 Å². The molecule has 0 aliphatic heterocycles. The van der Waals surface area contributed by atoms with Crippen LogP contribution < -0.4 is 10.1 Å². The lowest BCUT2D eigenvalue weighted by Gasteiger charge is -2.08. The molecule has 2 aromatic carbocycles. The minimum Gasteiger partial charge on any atom is -0.485 e. The van der Waals surface area contributed by atoms with Crippen LogP contribution in [0, 0.1) is 11.7 Å².